The number of aryl methyl sites for hydroxylation is 1. The van der Waals surface area contributed by atoms with Crippen molar-refractivity contribution in [3.8, 4) is 5.75 Å². The first-order valence-corrected chi connectivity index (χ1v) is 9.21. The molecule has 1 heterocycles. The fourth-order valence-electron chi connectivity index (χ4n) is 2.78. The first kappa shape index (κ1) is 19.8. The number of rotatable bonds is 9. The van der Waals surface area contributed by atoms with Crippen LogP contribution in [0.2, 0.25) is 0 Å². The van der Waals surface area contributed by atoms with Crippen molar-refractivity contribution in [2.45, 2.75) is 39.7 Å². The molecule has 0 bridgehead atoms. The minimum absolute atomic E-state index is 0.270. The van der Waals surface area contributed by atoms with Gasteiger partial charge in [0.25, 0.3) is 0 Å². The van der Waals surface area contributed by atoms with Gasteiger partial charge in [-0.3, -0.25) is 4.99 Å². The van der Waals surface area contributed by atoms with Gasteiger partial charge in [-0.1, -0.05) is 32.0 Å². The topological polar surface area (TPSA) is 76.4 Å². The van der Waals surface area contributed by atoms with Crippen LogP contribution >= 0.6 is 0 Å². The number of para-hydroxylation sites is 1. The molecule has 1 aromatic carbocycles. The number of ether oxygens (including phenoxy) is 1. The highest BCUT2D eigenvalue weighted by molar-refractivity contribution is 5.79. The average molecular weight is 358 g/mol. The van der Waals surface area contributed by atoms with Crippen molar-refractivity contribution in [3.05, 3.63) is 42.0 Å². The number of guanidine groups is 1. The molecule has 2 rings (SSSR count). The van der Waals surface area contributed by atoms with Crippen molar-refractivity contribution in [2.75, 3.05) is 26.7 Å². The van der Waals surface area contributed by atoms with Gasteiger partial charge in [-0.2, -0.15) is 0 Å². The Balaban J connectivity index is 1.93. The van der Waals surface area contributed by atoms with Gasteiger partial charge in [-0.25, -0.2) is 0 Å². The lowest BCUT2D eigenvalue weighted by Gasteiger charge is -2.16. The molecule has 0 aliphatic rings. The Kier molecular flexibility index (Phi) is 7.92. The molecule has 0 saturated heterocycles. The third-order valence-corrected chi connectivity index (χ3v) is 4.19. The predicted molar refractivity (Wildman–Crippen MR) is 105 cm³/mol. The number of benzene rings is 1. The van der Waals surface area contributed by atoms with Gasteiger partial charge < -0.3 is 19.9 Å². The molecule has 2 aromatic rings. The lowest BCUT2D eigenvalue weighted by Crippen LogP contribution is -2.39. The number of nitrogens with one attached hydrogen (secondary N) is 2. The Morgan fingerprint density at radius 3 is 2.81 bits per heavy atom. The molecule has 1 unspecified atom stereocenters. The van der Waals surface area contributed by atoms with Crippen molar-refractivity contribution in [2.24, 2.45) is 4.99 Å². The second-order valence-corrected chi connectivity index (χ2v) is 6.08. The highest BCUT2D eigenvalue weighted by Gasteiger charge is 2.11. The minimum Gasteiger partial charge on any atom is -0.496 e. The maximum atomic E-state index is 5.45. The van der Waals surface area contributed by atoms with E-state index in [2.05, 4.69) is 52.2 Å². The Morgan fingerprint density at radius 1 is 1.27 bits per heavy atom. The molecule has 142 valence electrons. The molecule has 0 fully saturated rings. The predicted octanol–water partition coefficient (Wildman–Crippen LogP) is 2.21. The normalized spacial score (nSPS) is 12.7. The van der Waals surface area contributed by atoms with Gasteiger partial charge in [0.1, 0.15) is 17.9 Å². The Labute approximate surface area is 155 Å². The number of aromatic nitrogens is 3. The first-order chi connectivity index (χ1) is 12.7. The minimum atomic E-state index is 0.270. The summed E-state index contributed by atoms with van der Waals surface area (Å²) >= 11 is 0. The maximum absolute atomic E-state index is 5.45. The molecule has 1 atom stereocenters. The molecule has 26 heavy (non-hydrogen) atoms. The molecule has 0 saturated carbocycles. The first-order valence-electron chi connectivity index (χ1n) is 9.21. The van der Waals surface area contributed by atoms with E-state index in [1.54, 1.807) is 13.4 Å². The van der Waals surface area contributed by atoms with Gasteiger partial charge in [0.15, 0.2) is 5.96 Å². The monoisotopic (exact) mass is 358 g/mol. The van der Waals surface area contributed by atoms with Gasteiger partial charge in [-0.15, -0.1) is 10.2 Å². The Morgan fingerprint density at radius 2 is 2.08 bits per heavy atom. The molecule has 0 aliphatic carbocycles. The van der Waals surface area contributed by atoms with Crippen LogP contribution in [-0.4, -0.2) is 47.5 Å². The molecule has 7 nitrogen and oxygen atoms in total. The second-order valence-electron chi connectivity index (χ2n) is 6.08. The largest absolute Gasteiger partial charge is 0.496 e. The SMILES string of the molecule is CCNC(=NCC(C)c1ccccc1OC)NCCn1cnnc1CC. The molecule has 0 radical (unpaired) electrons. The zero-order chi connectivity index (χ0) is 18.8. The number of methoxy groups -OCH3 is 1. The van der Waals surface area contributed by atoms with E-state index in [1.807, 2.05) is 18.2 Å². The summed E-state index contributed by atoms with van der Waals surface area (Å²) in [6.07, 6.45) is 2.65. The molecule has 2 N–H and O–H groups in total. The van der Waals surface area contributed by atoms with E-state index in [1.165, 1.54) is 5.56 Å². The average Bonchev–Trinajstić information content (AvgIpc) is 3.13. The van der Waals surface area contributed by atoms with E-state index in [-0.39, 0.29) is 5.92 Å². The van der Waals surface area contributed by atoms with E-state index in [9.17, 15) is 0 Å². The van der Waals surface area contributed by atoms with E-state index in [0.29, 0.717) is 6.54 Å². The summed E-state index contributed by atoms with van der Waals surface area (Å²) in [5, 5.41) is 14.7. The third kappa shape index (κ3) is 5.47. The van der Waals surface area contributed by atoms with Gasteiger partial charge in [-0.05, 0) is 18.6 Å². The smallest absolute Gasteiger partial charge is 0.191 e. The Hall–Kier alpha value is -2.57. The summed E-state index contributed by atoms with van der Waals surface area (Å²) in [7, 11) is 1.70. The van der Waals surface area contributed by atoms with Gasteiger partial charge >= 0.3 is 0 Å². The summed E-state index contributed by atoms with van der Waals surface area (Å²) in [6.45, 7) is 9.39. The van der Waals surface area contributed by atoms with Gasteiger partial charge in [0.05, 0.1) is 7.11 Å². The number of aliphatic imine (C=N–C) groups is 1. The van der Waals surface area contributed by atoms with Crippen LogP contribution in [0.25, 0.3) is 0 Å². The summed E-state index contributed by atoms with van der Waals surface area (Å²) in [6, 6.07) is 8.10. The van der Waals surface area contributed by atoms with Gasteiger partial charge in [0.2, 0.25) is 0 Å². The van der Waals surface area contributed by atoms with E-state index in [0.717, 1.165) is 43.6 Å². The van der Waals surface area contributed by atoms with Crippen molar-refractivity contribution < 1.29 is 4.74 Å². The standard InChI is InChI=1S/C19H30N6O/c1-5-18-24-23-14-25(18)12-11-21-19(20-6-2)22-13-15(3)16-9-7-8-10-17(16)26-4/h7-10,14-15H,5-6,11-13H2,1-4H3,(H2,20,21,22). The Bertz CT molecular complexity index is 697. The van der Waals surface area contributed by atoms with Crippen molar-refractivity contribution in [1.82, 2.24) is 25.4 Å². The summed E-state index contributed by atoms with van der Waals surface area (Å²) in [4.78, 5) is 4.72. The molecule has 0 aliphatic heterocycles. The lowest BCUT2D eigenvalue weighted by molar-refractivity contribution is 0.407. The quantitative estimate of drug-likeness (QED) is 0.531. The van der Waals surface area contributed by atoms with Gasteiger partial charge in [0, 0.05) is 38.5 Å². The van der Waals surface area contributed by atoms with Crippen molar-refractivity contribution >= 4 is 5.96 Å². The van der Waals surface area contributed by atoms with Crippen LogP contribution < -0.4 is 15.4 Å². The molecular formula is C19H30N6O. The van der Waals surface area contributed by atoms with Crippen LogP contribution in [0.4, 0.5) is 0 Å². The van der Waals surface area contributed by atoms with Crippen LogP contribution in [0.5, 0.6) is 5.75 Å². The highest BCUT2D eigenvalue weighted by atomic mass is 16.5. The molecule has 7 heteroatoms. The molecule has 0 amide bonds. The lowest BCUT2D eigenvalue weighted by atomic mass is 10.0. The zero-order valence-corrected chi connectivity index (χ0v) is 16.2. The van der Waals surface area contributed by atoms with E-state index >= 15 is 0 Å². The fourth-order valence-corrected chi connectivity index (χ4v) is 2.78. The van der Waals surface area contributed by atoms with Crippen molar-refractivity contribution in [3.63, 3.8) is 0 Å². The van der Waals surface area contributed by atoms with Crippen LogP contribution in [-0.2, 0) is 13.0 Å². The van der Waals surface area contributed by atoms with Crippen LogP contribution in [0, 0.1) is 0 Å². The van der Waals surface area contributed by atoms with E-state index < -0.39 is 0 Å². The van der Waals surface area contributed by atoms with E-state index in [4.69, 9.17) is 9.73 Å². The van der Waals surface area contributed by atoms with Crippen LogP contribution in [0.1, 0.15) is 38.1 Å². The number of hydrogen-bond donors (Lipinski definition) is 2. The van der Waals surface area contributed by atoms with Crippen LogP contribution in [0.3, 0.4) is 0 Å². The zero-order valence-electron chi connectivity index (χ0n) is 16.2. The second kappa shape index (κ2) is 10.4. The summed E-state index contributed by atoms with van der Waals surface area (Å²) in [5.74, 6) is 3.00. The number of nitrogens with zero attached hydrogens (tertiary/aromatic N) is 4. The molecule has 1 aromatic heterocycles. The molecular weight excluding hydrogens is 328 g/mol. The fraction of sp³-hybridized carbons (Fsp3) is 0.526. The summed E-state index contributed by atoms with van der Waals surface area (Å²) < 4.78 is 7.52. The third-order valence-electron chi connectivity index (χ3n) is 4.19. The van der Waals surface area contributed by atoms with Crippen LogP contribution in [0.15, 0.2) is 35.6 Å². The van der Waals surface area contributed by atoms with Crippen molar-refractivity contribution in [1.29, 1.82) is 0 Å². The molecule has 0 spiro atoms. The number of hydrogen-bond acceptors (Lipinski definition) is 4. The maximum Gasteiger partial charge on any atom is 0.191 e. The summed E-state index contributed by atoms with van der Waals surface area (Å²) in [5.41, 5.74) is 1.17. The highest BCUT2D eigenvalue weighted by Crippen LogP contribution is 2.26.